The van der Waals surface area contributed by atoms with Crippen LogP contribution in [0.15, 0.2) is 11.6 Å². The number of carboxylic acid groups (broad SMARTS) is 1. The standard InChI is InChI=1S/C13H21NO2.ClH/c1-3-9-4-10-6-13(8-14-2,7-12(15)16)11(10)5-9;/h5,10-11,14H,3-4,6-8H2,1-2H3,(H,15,16);1H/t10-,11-,13-;/m0./s1. The number of carboxylic acids is 1. The molecule has 3 atom stereocenters. The van der Waals surface area contributed by atoms with Gasteiger partial charge in [-0.3, -0.25) is 4.79 Å². The van der Waals surface area contributed by atoms with Crippen LogP contribution in [0.3, 0.4) is 0 Å². The van der Waals surface area contributed by atoms with Gasteiger partial charge in [0.15, 0.2) is 0 Å². The fraction of sp³-hybridized carbons (Fsp3) is 0.769. The van der Waals surface area contributed by atoms with Gasteiger partial charge in [-0.05, 0) is 38.1 Å². The highest BCUT2D eigenvalue weighted by Gasteiger charge is 2.54. The average Bonchev–Trinajstić information content (AvgIpc) is 2.55. The van der Waals surface area contributed by atoms with Gasteiger partial charge in [0.25, 0.3) is 0 Å². The van der Waals surface area contributed by atoms with Crippen molar-refractivity contribution in [3.8, 4) is 0 Å². The summed E-state index contributed by atoms with van der Waals surface area (Å²) in [6, 6.07) is 0. The van der Waals surface area contributed by atoms with Crippen LogP contribution in [0.25, 0.3) is 0 Å². The number of halogens is 1. The second-order valence-corrected chi connectivity index (χ2v) is 5.34. The molecule has 1 saturated carbocycles. The molecule has 0 unspecified atom stereocenters. The van der Waals surface area contributed by atoms with Gasteiger partial charge in [0, 0.05) is 12.0 Å². The summed E-state index contributed by atoms with van der Waals surface area (Å²) in [5.41, 5.74) is 1.51. The number of rotatable bonds is 5. The van der Waals surface area contributed by atoms with Crippen molar-refractivity contribution in [3.63, 3.8) is 0 Å². The minimum absolute atomic E-state index is 0. The van der Waals surface area contributed by atoms with Crippen LogP contribution in [0, 0.1) is 17.3 Å². The Hall–Kier alpha value is -0.540. The van der Waals surface area contributed by atoms with E-state index < -0.39 is 5.97 Å². The first-order valence-electron chi connectivity index (χ1n) is 6.17. The van der Waals surface area contributed by atoms with Gasteiger partial charge in [0.2, 0.25) is 0 Å². The Labute approximate surface area is 109 Å². The van der Waals surface area contributed by atoms with Crippen molar-refractivity contribution in [1.29, 1.82) is 0 Å². The number of allylic oxidation sites excluding steroid dienone is 2. The zero-order valence-corrected chi connectivity index (χ0v) is 11.3. The van der Waals surface area contributed by atoms with E-state index in [4.69, 9.17) is 5.11 Å². The van der Waals surface area contributed by atoms with Crippen molar-refractivity contribution < 1.29 is 9.90 Å². The highest BCUT2D eigenvalue weighted by atomic mass is 35.5. The third kappa shape index (κ3) is 2.50. The molecule has 0 saturated heterocycles. The molecule has 98 valence electrons. The summed E-state index contributed by atoms with van der Waals surface area (Å²) >= 11 is 0. The van der Waals surface area contributed by atoms with Crippen molar-refractivity contribution in [2.75, 3.05) is 13.6 Å². The highest BCUT2D eigenvalue weighted by molar-refractivity contribution is 5.85. The van der Waals surface area contributed by atoms with Gasteiger partial charge in [-0.2, -0.15) is 0 Å². The molecule has 0 aromatic rings. The topological polar surface area (TPSA) is 49.3 Å². The fourth-order valence-electron chi connectivity index (χ4n) is 3.65. The number of hydrogen-bond donors (Lipinski definition) is 2. The van der Waals surface area contributed by atoms with E-state index in [9.17, 15) is 4.79 Å². The molecule has 0 bridgehead atoms. The molecule has 0 spiro atoms. The monoisotopic (exact) mass is 259 g/mol. The number of carbonyl (C=O) groups is 1. The van der Waals surface area contributed by atoms with Gasteiger partial charge in [-0.15, -0.1) is 12.4 Å². The number of hydrogen-bond acceptors (Lipinski definition) is 2. The van der Waals surface area contributed by atoms with Crippen LogP contribution in [-0.4, -0.2) is 24.7 Å². The number of fused-ring (bicyclic) bond motifs is 1. The maximum atomic E-state index is 11.0. The molecule has 2 aliphatic carbocycles. The van der Waals surface area contributed by atoms with Crippen LogP contribution in [0.4, 0.5) is 0 Å². The Balaban J connectivity index is 0.00000144. The molecule has 17 heavy (non-hydrogen) atoms. The van der Waals surface area contributed by atoms with E-state index in [-0.39, 0.29) is 17.8 Å². The second kappa shape index (κ2) is 5.40. The van der Waals surface area contributed by atoms with Crippen LogP contribution in [-0.2, 0) is 4.79 Å². The summed E-state index contributed by atoms with van der Waals surface area (Å²) in [5.74, 6) is 0.570. The number of nitrogens with one attached hydrogen (secondary N) is 1. The third-order valence-corrected chi connectivity index (χ3v) is 4.31. The minimum Gasteiger partial charge on any atom is -0.481 e. The molecular weight excluding hydrogens is 238 g/mol. The molecule has 0 aromatic heterocycles. The maximum absolute atomic E-state index is 11.0. The maximum Gasteiger partial charge on any atom is 0.303 e. The highest BCUT2D eigenvalue weighted by Crippen LogP contribution is 2.59. The molecule has 2 rings (SSSR count). The van der Waals surface area contributed by atoms with E-state index in [0.717, 1.165) is 25.3 Å². The largest absolute Gasteiger partial charge is 0.481 e. The minimum atomic E-state index is -0.660. The molecule has 1 fully saturated rings. The van der Waals surface area contributed by atoms with Gasteiger partial charge in [0.1, 0.15) is 0 Å². The Bertz CT molecular complexity index is 329. The molecular formula is C13H22ClNO2. The summed E-state index contributed by atoms with van der Waals surface area (Å²) in [6.45, 7) is 3.02. The smallest absolute Gasteiger partial charge is 0.303 e. The van der Waals surface area contributed by atoms with E-state index >= 15 is 0 Å². The second-order valence-electron chi connectivity index (χ2n) is 5.34. The lowest BCUT2D eigenvalue weighted by atomic mass is 9.53. The van der Waals surface area contributed by atoms with Crippen LogP contribution in [0.2, 0.25) is 0 Å². The lowest BCUT2D eigenvalue weighted by Crippen LogP contribution is -2.51. The molecule has 2 N–H and O–H groups in total. The molecule has 3 nitrogen and oxygen atoms in total. The Morgan fingerprint density at radius 1 is 1.65 bits per heavy atom. The molecule has 0 aromatic carbocycles. The Morgan fingerprint density at radius 3 is 2.88 bits per heavy atom. The first kappa shape index (κ1) is 14.5. The van der Waals surface area contributed by atoms with E-state index in [1.807, 2.05) is 7.05 Å². The number of aliphatic carboxylic acids is 1. The van der Waals surface area contributed by atoms with E-state index in [1.165, 1.54) is 12.0 Å². The predicted octanol–water partition coefficient (Wildman–Crippen LogP) is 2.46. The van der Waals surface area contributed by atoms with Crippen LogP contribution in [0.1, 0.15) is 32.6 Å². The van der Waals surface area contributed by atoms with Crippen molar-refractivity contribution in [2.45, 2.75) is 32.6 Å². The molecule has 0 aliphatic heterocycles. The first-order valence-corrected chi connectivity index (χ1v) is 6.17. The summed E-state index contributed by atoms with van der Waals surface area (Å²) in [4.78, 5) is 11.0. The van der Waals surface area contributed by atoms with Crippen molar-refractivity contribution >= 4 is 18.4 Å². The van der Waals surface area contributed by atoms with E-state index in [0.29, 0.717) is 12.3 Å². The Kier molecular flexibility index (Phi) is 4.62. The van der Waals surface area contributed by atoms with E-state index in [2.05, 4.69) is 18.3 Å². The predicted molar refractivity (Wildman–Crippen MR) is 70.4 cm³/mol. The van der Waals surface area contributed by atoms with Gasteiger partial charge in [-0.1, -0.05) is 18.6 Å². The third-order valence-electron chi connectivity index (χ3n) is 4.31. The van der Waals surface area contributed by atoms with E-state index in [1.54, 1.807) is 0 Å². The zero-order chi connectivity index (χ0) is 11.8. The molecule has 2 aliphatic rings. The summed E-state index contributed by atoms with van der Waals surface area (Å²) < 4.78 is 0. The summed E-state index contributed by atoms with van der Waals surface area (Å²) in [6.07, 6.45) is 6.06. The normalized spacial score (nSPS) is 34.4. The van der Waals surface area contributed by atoms with Gasteiger partial charge >= 0.3 is 5.97 Å². The first-order chi connectivity index (χ1) is 7.61. The summed E-state index contributed by atoms with van der Waals surface area (Å²) in [5, 5.41) is 12.2. The van der Waals surface area contributed by atoms with Crippen molar-refractivity contribution in [1.82, 2.24) is 5.32 Å². The molecule has 0 heterocycles. The van der Waals surface area contributed by atoms with Crippen molar-refractivity contribution in [3.05, 3.63) is 11.6 Å². The SMILES string of the molecule is CCC1=C[C@H]2[C@@H](C1)C[C@@]2(CNC)CC(=O)O.Cl. The van der Waals surface area contributed by atoms with Crippen LogP contribution in [0.5, 0.6) is 0 Å². The molecule has 4 heteroatoms. The average molecular weight is 260 g/mol. The summed E-state index contributed by atoms with van der Waals surface area (Å²) in [7, 11) is 1.91. The van der Waals surface area contributed by atoms with Gasteiger partial charge in [0.05, 0.1) is 6.42 Å². The zero-order valence-electron chi connectivity index (χ0n) is 10.5. The molecule has 0 amide bonds. The Morgan fingerprint density at radius 2 is 2.35 bits per heavy atom. The van der Waals surface area contributed by atoms with Crippen LogP contribution < -0.4 is 5.32 Å². The van der Waals surface area contributed by atoms with Gasteiger partial charge < -0.3 is 10.4 Å². The van der Waals surface area contributed by atoms with Gasteiger partial charge in [-0.25, -0.2) is 0 Å². The fourth-order valence-corrected chi connectivity index (χ4v) is 3.65. The van der Waals surface area contributed by atoms with Crippen molar-refractivity contribution in [2.24, 2.45) is 17.3 Å². The lowest BCUT2D eigenvalue weighted by Gasteiger charge is -2.52. The van der Waals surface area contributed by atoms with Crippen LogP contribution >= 0.6 is 12.4 Å². The lowest BCUT2D eigenvalue weighted by molar-refractivity contribution is -0.144. The quantitative estimate of drug-likeness (QED) is 0.746. The molecule has 0 radical (unpaired) electrons.